The molecular weight excluding hydrogens is 172 g/mol. The van der Waals surface area contributed by atoms with Gasteiger partial charge in [0.25, 0.3) is 0 Å². The lowest BCUT2D eigenvalue weighted by atomic mass is 9.94. The Bertz CT molecular complexity index is 179. The third-order valence-corrected chi connectivity index (χ3v) is 4.26. The van der Waals surface area contributed by atoms with Gasteiger partial charge < -0.3 is 5.32 Å². The largest absolute Gasteiger partial charge is 0.316 e. The first-order chi connectivity index (χ1) is 6.77. The highest BCUT2D eigenvalue weighted by molar-refractivity contribution is 4.99. The fourth-order valence-corrected chi connectivity index (χ4v) is 3.30. The van der Waals surface area contributed by atoms with E-state index in [-0.39, 0.29) is 0 Å². The number of likely N-dealkylation sites (N-methyl/N-ethyl adjacent to an activating group) is 1. The van der Waals surface area contributed by atoms with Gasteiger partial charge in [0.1, 0.15) is 0 Å². The minimum atomic E-state index is 0.630. The van der Waals surface area contributed by atoms with Crippen LogP contribution in [-0.2, 0) is 0 Å². The second-order valence-electron chi connectivity index (χ2n) is 5.17. The molecule has 0 aromatic rings. The maximum absolute atomic E-state index is 3.36. The average molecular weight is 196 g/mol. The van der Waals surface area contributed by atoms with Crippen LogP contribution in [0.1, 0.15) is 45.4 Å². The van der Waals surface area contributed by atoms with Crippen LogP contribution in [0.25, 0.3) is 0 Å². The molecule has 0 amide bonds. The molecule has 82 valence electrons. The zero-order valence-corrected chi connectivity index (χ0v) is 9.68. The number of hydrogen-bond donors (Lipinski definition) is 1. The van der Waals surface area contributed by atoms with Gasteiger partial charge >= 0.3 is 0 Å². The van der Waals surface area contributed by atoms with Crippen LogP contribution < -0.4 is 5.32 Å². The number of nitrogens with zero attached hydrogens (tertiary/aromatic N) is 1. The fraction of sp³-hybridized carbons (Fsp3) is 1.00. The van der Waals surface area contributed by atoms with Gasteiger partial charge in [-0.3, -0.25) is 4.90 Å². The molecule has 1 atom stereocenters. The summed E-state index contributed by atoms with van der Waals surface area (Å²) in [5.41, 5.74) is 0.630. The van der Waals surface area contributed by atoms with Crippen molar-refractivity contribution in [2.45, 2.75) is 57.0 Å². The van der Waals surface area contributed by atoms with E-state index in [1.807, 2.05) is 0 Å². The Balaban J connectivity index is 1.96. The minimum Gasteiger partial charge on any atom is -0.316 e. The van der Waals surface area contributed by atoms with E-state index < -0.39 is 0 Å². The summed E-state index contributed by atoms with van der Waals surface area (Å²) < 4.78 is 0. The molecule has 1 aliphatic heterocycles. The molecule has 1 saturated carbocycles. The summed E-state index contributed by atoms with van der Waals surface area (Å²) in [4.78, 5) is 2.77. The van der Waals surface area contributed by atoms with E-state index in [0.717, 1.165) is 0 Å². The first-order valence-corrected chi connectivity index (χ1v) is 6.19. The van der Waals surface area contributed by atoms with Gasteiger partial charge in [-0.2, -0.15) is 0 Å². The van der Waals surface area contributed by atoms with Gasteiger partial charge in [0.15, 0.2) is 0 Å². The molecule has 0 radical (unpaired) electrons. The van der Waals surface area contributed by atoms with Gasteiger partial charge in [0.05, 0.1) is 0 Å². The molecule has 2 heteroatoms. The van der Waals surface area contributed by atoms with E-state index >= 15 is 0 Å². The van der Waals surface area contributed by atoms with Crippen LogP contribution in [0.2, 0.25) is 0 Å². The number of likely N-dealkylation sites (tertiary alicyclic amines) is 1. The standard InChI is InChI=1S/C12H24N2/c1-11(13-2)10-14-9-5-8-12(14)6-3-4-7-12/h11,13H,3-10H2,1-2H3. The molecule has 1 N–H and O–H groups in total. The zero-order chi connectivity index (χ0) is 10.0. The van der Waals surface area contributed by atoms with Crippen LogP contribution in [0.15, 0.2) is 0 Å². The molecule has 2 fully saturated rings. The van der Waals surface area contributed by atoms with Crippen molar-refractivity contribution in [2.24, 2.45) is 0 Å². The fourth-order valence-electron chi connectivity index (χ4n) is 3.30. The predicted molar refractivity (Wildman–Crippen MR) is 60.5 cm³/mol. The Labute approximate surface area is 88.1 Å². The minimum absolute atomic E-state index is 0.630. The second kappa shape index (κ2) is 4.19. The third-order valence-electron chi connectivity index (χ3n) is 4.26. The van der Waals surface area contributed by atoms with Crippen molar-refractivity contribution < 1.29 is 0 Å². The molecule has 1 spiro atoms. The first-order valence-electron chi connectivity index (χ1n) is 6.19. The van der Waals surface area contributed by atoms with Crippen LogP contribution in [-0.4, -0.2) is 36.6 Å². The van der Waals surface area contributed by atoms with Crippen LogP contribution in [0.3, 0.4) is 0 Å². The Hall–Kier alpha value is -0.0800. The van der Waals surface area contributed by atoms with Crippen molar-refractivity contribution in [1.29, 1.82) is 0 Å². The van der Waals surface area contributed by atoms with Crippen LogP contribution >= 0.6 is 0 Å². The van der Waals surface area contributed by atoms with E-state index in [2.05, 4.69) is 24.2 Å². The SMILES string of the molecule is CNC(C)CN1CCCC12CCCC2. The lowest BCUT2D eigenvalue weighted by molar-refractivity contribution is 0.132. The number of nitrogens with one attached hydrogen (secondary N) is 1. The Morgan fingerprint density at radius 1 is 1.21 bits per heavy atom. The summed E-state index contributed by atoms with van der Waals surface area (Å²) >= 11 is 0. The van der Waals surface area contributed by atoms with E-state index in [1.54, 1.807) is 0 Å². The highest BCUT2D eigenvalue weighted by atomic mass is 15.2. The van der Waals surface area contributed by atoms with Gasteiger partial charge in [0, 0.05) is 18.1 Å². The molecule has 1 unspecified atom stereocenters. The Kier molecular flexibility index (Phi) is 3.13. The summed E-state index contributed by atoms with van der Waals surface area (Å²) in [6.07, 6.45) is 8.74. The van der Waals surface area contributed by atoms with Crippen molar-refractivity contribution >= 4 is 0 Å². The van der Waals surface area contributed by atoms with Gasteiger partial charge in [0.2, 0.25) is 0 Å². The Morgan fingerprint density at radius 2 is 1.86 bits per heavy atom. The summed E-state index contributed by atoms with van der Waals surface area (Å²) in [6.45, 7) is 4.88. The summed E-state index contributed by atoms with van der Waals surface area (Å²) in [5.74, 6) is 0. The number of rotatable bonds is 3. The van der Waals surface area contributed by atoms with Crippen LogP contribution in [0.5, 0.6) is 0 Å². The smallest absolute Gasteiger partial charge is 0.0210 e. The van der Waals surface area contributed by atoms with Crippen molar-refractivity contribution in [3.63, 3.8) is 0 Å². The lowest BCUT2D eigenvalue weighted by Crippen LogP contribution is -2.47. The highest BCUT2D eigenvalue weighted by Crippen LogP contribution is 2.42. The van der Waals surface area contributed by atoms with Crippen molar-refractivity contribution in [2.75, 3.05) is 20.1 Å². The van der Waals surface area contributed by atoms with E-state index in [9.17, 15) is 0 Å². The normalized spacial score (nSPS) is 28.7. The van der Waals surface area contributed by atoms with E-state index in [4.69, 9.17) is 0 Å². The van der Waals surface area contributed by atoms with Crippen molar-refractivity contribution in [3.05, 3.63) is 0 Å². The predicted octanol–water partition coefficient (Wildman–Crippen LogP) is 2.00. The summed E-state index contributed by atoms with van der Waals surface area (Å²) in [6, 6.07) is 0.644. The number of hydrogen-bond acceptors (Lipinski definition) is 2. The summed E-state index contributed by atoms with van der Waals surface area (Å²) in [7, 11) is 2.07. The topological polar surface area (TPSA) is 15.3 Å². The lowest BCUT2D eigenvalue weighted by Gasteiger charge is -2.36. The molecule has 2 rings (SSSR count). The Morgan fingerprint density at radius 3 is 2.50 bits per heavy atom. The third kappa shape index (κ3) is 1.82. The zero-order valence-electron chi connectivity index (χ0n) is 9.68. The molecule has 1 aliphatic carbocycles. The molecular formula is C12H24N2. The first kappa shape index (κ1) is 10.4. The molecule has 2 aliphatic rings. The monoisotopic (exact) mass is 196 g/mol. The van der Waals surface area contributed by atoms with Crippen LogP contribution in [0.4, 0.5) is 0 Å². The quantitative estimate of drug-likeness (QED) is 0.743. The maximum atomic E-state index is 3.36. The molecule has 2 nitrogen and oxygen atoms in total. The van der Waals surface area contributed by atoms with Gasteiger partial charge in [-0.1, -0.05) is 12.8 Å². The molecule has 0 aromatic carbocycles. The van der Waals surface area contributed by atoms with Gasteiger partial charge in [-0.05, 0) is 46.2 Å². The van der Waals surface area contributed by atoms with E-state index in [0.29, 0.717) is 11.6 Å². The summed E-state index contributed by atoms with van der Waals surface area (Å²) in [5, 5.41) is 3.36. The molecule has 0 aromatic heterocycles. The van der Waals surface area contributed by atoms with Crippen LogP contribution in [0, 0.1) is 0 Å². The van der Waals surface area contributed by atoms with E-state index in [1.165, 1.54) is 51.6 Å². The molecule has 0 bridgehead atoms. The van der Waals surface area contributed by atoms with Gasteiger partial charge in [-0.15, -0.1) is 0 Å². The van der Waals surface area contributed by atoms with Gasteiger partial charge in [-0.25, -0.2) is 0 Å². The second-order valence-corrected chi connectivity index (χ2v) is 5.17. The highest BCUT2D eigenvalue weighted by Gasteiger charge is 2.42. The maximum Gasteiger partial charge on any atom is 0.0210 e. The van der Waals surface area contributed by atoms with Crippen molar-refractivity contribution in [3.8, 4) is 0 Å². The average Bonchev–Trinajstić information content (AvgIpc) is 2.79. The van der Waals surface area contributed by atoms with Crippen molar-refractivity contribution in [1.82, 2.24) is 10.2 Å². The molecule has 1 saturated heterocycles. The molecule has 14 heavy (non-hydrogen) atoms. The molecule has 1 heterocycles.